The zero-order chi connectivity index (χ0) is 24.5. The predicted molar refractivity (Wildman–Crippen MR) is 132 cm³/mol. The largest absolute Gasteiger partial charge is 0.494 e. The molecule has 0 radical (unpaired) electrons. The van der Waals surface area contributed by atoms with Gasteiger partial charge in [0.05, 0.1) is 24.0 Å². The molecule has 0 saturated carbocycles. The van der Waals surface area contributed by atoms with E-state index in [1.807, 2.05) is 30.3 Å². The summed E-state index contributed by atoms with van der Waals surface area (Å²) in [6.07, 6.45) is 2.23. The molecule has 4 aromatic rings. The van der Waals surface area contributed by atoms with Crippen molar-refractivity contribution in [3.8, 4) is 28.6 Å². The second kappa shape index (κ2) is 11.8. The molecule has 1 aromatic heterocycles. The summed E-state index contributed by atoms with van der Waals surface area (Å²) in [5.41, 5.74) is 1.69. The number of amides is 1. The number of ether oxygens (including phenoxy) is 2. The van der Waals surface area contributed by atoms with Crippen LogP contribution in [0.4, 0.5) is 5.69 Å². The van der Waals surface area contributed by atoms with E-state index in [9.17, 15) is 9.90 Å². The molecule has 180 valence electrons. The molecule has 1 atom stereocenters. The summed E-state index contributed by atoms with van der Waals surface area (Å²) >= 11 is 0. The van der Waals surface area contributed by atoms with Gasteiger partial charge >= 0.3 is 0 Å². The first-order chi connectivity index (χ1) is 17.1. The molecule has 0 aliphatic rings. The number of hydrogen-bond acceptors (Lipinski definition) is 7. The molecule has 1 heterocycles. The van der Waals surface area contributed by atoms with E-state index in [-0.39, 0.29) is 12.0 Å². The normalized spacial score (nSPS) is 11.6. The average molecular weight is 474 g/mol. The average Bonchev–Trinajstić information content (AvgIpc) is 3.40. The van der Waals surface area contributed by atoms with E-state index in [1.165, 1.54) is 0 Å². The summed E-state index contributed by atoms with van der Waals surface area (Å²) < 4.78 is 11.8. The van der Waals surface area contributed by atoms with Gasteiger partial charge in [0.2, 0.25) is 5.82 Å². The maximum absolute atomic E-state index is 12.9. The Morgan fingerprint density at radius 1 is 1.00 bits per heavy atom. The molecule has 9 heteroatoms. The summed E-state index contributed by atoms with van der Waals surface area (Å²) in [5.74, 6) is 1.85. The Labute approximate surface area is 203 Å². The Morgan fingerprint density at radius 3 is 2.49 bits per heavy atom. The van der Waals surface area contributed by atoms with Gasteiger partial charge in [-0.25, -0.2) is 0 Å². The quantitative estimate of drug-likeness (QED) is 0.266. The van der Waals surface area contributed by atoms with Crippen LogP contribution >= 0.6 is 0 Å². The lowest BCUT2D eigenvalue weighted by Gasteiger charge is -2.14. The van der Waals surface area contributed by atoms with E-state index < -0.39 is 0 Å². The zero-order valence-electron chi connectivity index (χ0n) is 19.3. The van der Waals surface area contributed by atoms with Gasteiger partial charge in [0.15, 0.2) is 5.75 Å². The minimum absolute atomic E-state index is 0.268. The second-order valence-corrected chi connectivity index (χ2v) is 8.00. The van der Waals surface area contributed by atoms with Crippen LogP contribution in [0, 0.1) is 0 Å². The van der Waals surface area contributed by atoms with Crippen molar-refractivity contribution in [2.45, 2.75) is 32.3 Å². The smallest absolute Gasteiger partial charge is 0.255 e. The lowest BCUT2D eigenvalue weighted by molar-refractivity contribution is 0.102. The highest BCUT2D eigenvalue weighted by Crippen LogP contribution is 2.34. The molecule has 0 spiro atoms. The van der Waals surface area contributed by atoms with Crippen LogP contribution in [0.2, 0.25) is 0 Å². The van der Waals surface area contributed by atoms with Crippen molar-refractivity contribution in [2.75, 3.05) is 11.9 Å². The Morgan fingerprint density at radius 2 is 1.74 bits per heavy atom. The first-order valence-electron chi connectivity index (χ1n) is 11.4. The number of unbranched alkanes of at least 4 members (excludes halogenated alkanes) is 1. The molecule has 9 nitrogen and oxygen atoms in total. The molecule has 3 aromatic carbocycles. The van der Waals surface area contributed by atoms with Crippen LogP contribution in [0.15, 0.2) is 72.8 Å². The van der Waals surface area contributed by atoms with Crippen LogP contribution in [-0.2, 0) is 0 Å². The molecule has 0 bridgehead atoms. The number of aliphatic hydroxyl groups is 1. The summed E-state index contributed by atoms with van der Waals surface area (Å²) in [6.45, 7) is 2.35. The molecule has 0 fully saturated rings. The minimum Gasteiger partial charge on any atom is -0.494 e. The summed E-state index contributed by atoms with van der Waals surface area (Å²) in [5, 5.41) is 26.3. The number of benzene rings is 3. The number of nitrogens with zero attached hydrogens (tertiary/aromatic N) is 3. The Hall–Kier alpha value is -4.24. The standard InChI is InChI=1S/C26H27N5O4/c1-18(32)8-6-7-17-34-20-15-13-19(14-16-20)26(33)27-22-10-3-5-12-24(22)35-23-11-4-2-9-21(23)25-28-30-31-29-25/h2-5,9-16,18,32H,6-8,17H2,1H3,(H,27,33)(H,28,29,30,31). The summed E-state index contributed by atoms with van der Waals surface area (Å²) in [7, 11) is 0. The van der Waals surface area contributed by atoms with Crippen LogP contribution in [0.1, 0.15) is 36.5 Å². The van der Waals surface area contributed by atoms with E-state index in [0.29, 0.717) is 46.5 Å². The Balaban J connectivity index is 1.40. The van der Waals surface area contributed by atoms with Crippen molar-refractivity contribution in [3.05, 3.63) is 78.4 Å². The van der Waals surface area contributed by atoms with Crippen molar-refractivity contribution in [2.24, 2.45) is 0 Å². The molecule has 3 N–H and O–H groups in total. The number of carbonyl (C=O) groups excluding carboxylic acids is 1. The van der Waals surface area contributed by atoms with Crippen LogP contribution in [0.25, 0.3) is 11.4 Å². The van der Waals surface area contributed by atoms with Gasteiger partial charge in [-0.2, -0.15) is 5.21 Å². The first-order valence-corrected chi connectivity index (χ1v) is 11.4. The van der Waals surface area contributed by atoms with Gasteiger partial charge in [0, 0.05) is 5.56 Å². The Bertz CT molecular complexity index is 1230. The molecule has 0 aliphatic carbocycles. The predicted octanol–water partition coefficient (Wildman–Crippen LogP) is 4.84. The number of H-pyrrole nitrogens is 1. The molecule has 1 unspecified atom stereocenters. The SMILES string of the molecule is CC(O)CCCCOc1ccc(C(=O)Nc2ccccc2Oc2ccccc2-c2nn[nH]n2)cc1. The molecular formula is C26H27N5O4. The number of rotatable bonds is 11. The van der Waals surface area contributed by atoms with Crippen molar-refractivity contribution in [1.82, 2.24) is 20.6 Å². The molecule has 35 heavy (non-hydrogen) atoms. The number of aliphatic hydroxyl groups excluding tert-OH is 1. The maximum atomic E-state index is 12.9. The van der Waals surface area contributed by atoms with Crippen molar-refractivity contribution >= 4 is 11.6 Å². The lowest BCUT2D eigenvalue weighted by atomic mass is 10.1. The van der Waals surface area contributed by atoms with Gasteiger partial charge in [-0.3, -0.25) is 4.79 Å². The fourth-order valence-corrected chi connectivity index (χ4v) is 3.42. The highest BCUT2D eigenvalue weighted by atomic mass is 16.5. The van der Waals surface area contributed by atoms with Gasteiger partial charge in [-0.15, -0.1) is 10.2 Å². The summed E-state index contributed by atoms with van der Waals surface area (Å²) in [6, 6.07) is 21.5. The minimum atomic E-state index is -0.288. The topological polar surface area (TPSA) is 122 Å². The number of tetrazole rings is 1. The number of anilines is 1. The number of aromatic nitrogens is 4. The van der Waals surface area contributed by atoms with Gasteiger partial charge in [0.25, 0.3) is 5.91 Å². The van der Waals surface area contributed by atoms with Crippen LogP contribution in [-0.4, -0.2) is 44.3 Å². The fraction of sp³-hybridized carbons (Fsp3) is 0.231. The van der Waals surface area contributed by atoms with Gasteiger partial charge in [-0.05, 0) is 79.9 Å². The summed E-state index contributed by atoms with van der Waals surface area (Å²) in [4.78, 5) is 12.9. The monoisotopic (exact) mass is 473 g/mol. The lowest BCUT2D eigenvalue weighted by Crippen LogP contribution is -2.12. The van der Waals surface area contributed by atoms with E-state index in [2.05, 4.69) is 25.9 Å². The molecule has 0 saturated heterocycles. The Kier molecular flexibility index (Phi) is 8.03. The van der Waals surface area contributed by atoms with Crippen molar-refractivity contribution < 1.29 is 19.4 Å². The number of nitrogens with one attached hydrogen (secondary N) is 2. The highest BCUT2D eigenvalue weighted by molar-refractivity contribution is 6.05. The second-order valence-electron chi connectivity index (χ2n) is 8.00. The molecule has 4 rings (SSSR count). The van der Waals surface area contributed by atoms with E-state index >= 15 is 0 Å². The zero-order valence-corrected chi connectivity index (χ0v) is 19.3. The molecule has 0 aliphatic heterocycles. The van der Waals surface area contributed by atoms with Gasteiger partial charge in [-0.1, -0.05) is 24.3 Å². The van der Waals surface area contributed by atoms with Crippen LogP contribution in [0.3, 0.4) is 0 Å². The number of carbonyl (C=O) groups is 1. The maximum Gasteiger partial charge on any atom is 0.255 e. The third kappa shape index (κ3) is 6.64. The third-order valence-electron chi connectivity index (χ3n) is 5.23. The fourth-order valence-electron chi connectivity index (χ4n) is 3.42. The van der Waals surface area contributed by atoms with E-state index in [0.717, 1.165) is 19.3 Å². The van der Waals surface area contributed by atoms with Crippen LogP contribution in [0.5, 0.6) is 17.2 Å². The van der Waals surface area contributed by atoms with Gasteiger partial charge < -0.3 is 19.9 Å². The number of para-hydroxylation sites is 3. The highest BCUT2D eigenvalue weighted by Gasteiger charge is 2.14. The van der Waals surface area contributed by atoms with Crippen molar-refractivity contribution in [3.63, 3.8) is 0 Å². The number of hydrogen-bond donors (Lipinski definition) is 3. The van der Waals surface area contributed by atoms with E-state index in [1.54, 1.807) is 49.4 Å². The van der Waals surface area contributed by atoms with E-state index in [4.69, 9.17) is 9.47 Å². The van der Waals surface area contributed by atoms with Crippen LogP contribution < -0.4 is 14.8 Å². The third-order valence-corrected chi connectivity index (χ3v) is 5.23. The molecule has 1 amide bonds. The van der Waals surface area contributed by atoms with Gasteiger partial charge in [0.1, 0.15) is 11.5 Å². The molecular weight excluding hydrogens is 446 g/mol. The number of aromatic amines is 1. The first kappa shape index (κ1) is 23.9. The van der Waals surface area contributed by atoms with Crippen molar-refractivity contribution in [1.29, 1.82) is 0 Å².